The Bertz CT molecular complexity index is 1370. The molecule has 4 aromatic rings. The molecule has 3 aromatic carbocycles. The Labute approximate surface area is 200 Å². The minimum atomic E-state index is -0.217. The van der Waals surface area contributed by atoms with Crippen LogP contribution in [0.3, 0.4) is 0 Å². The molecule has 1 amide bonds. The molecular weight excluding hydrogens is 458 g/mol. The van der Waals surface area contributed by atoms with Crippen molar-refractivity contribution in [3.8, 4) is 11.4 Å². The zero-order valence-electron chi connectivity index (χ0n) is 18.2. The number of carbonyl (C=O) groups excluding carboxylic acids is 1. The molecule has 168 valence electrons. The first kappa shape index (κ1) is 22.9. The van der Waals surface area contributed by atoms with Gasteiger partial charge >= 0.3 is 0 Å². The maximum Gasteiger partial charge on any atom is 0.266 e. The average Bonchev–Trinajstić information content (AvgIpc) is 2.82. The first-order valence-electron chi connectivity index (χ1n) is 10.4. The van der Waals surface area contributed by atoms with Gasteiger partial charge in [0.2, 0.25) is 5.91 Å². The fourth-order valence-electron chi connectivity index (χ4n) is 3.35. The number of para-hydroxylation sites is 1. The van der Waals surface area contributed by atoms with E-state index in [0.29, 0.717) is 44.8 Å². The number of nitrogens with zero attached hydrogens (tertiary/aromatic N) is 2. The lowest BCUT2D eigenvalue weighted by atomic mass is 10.2. The van der Waals surface area contributed by atoms with Crippen molar-refractivity contribution in [1.29, 1.82) is 0 Å². The zero-order valence-corrected chi connectivity index (χ0v) is 19.7. The van der Waals surface area contributed by atoms with E-state index in [9.17, 15) is 9.59 Å². The minimum absolute atomic E-state index is 0.0771. The van der Waals surface area contributed by atoms with Crippen LogP contribution in [0, 0.1) is 6.92 Å². The maximum atomic E-state index is 13.3. The predicted molar refractivity (Wildman–Crippen MR) is 134 cm³/mol. The van der Waals surface area contributed by atoms with Gasteiger partial charge in [0, 0.05) is 10.7 Å². The highest BCUT2D eigenvalue weighted by molar-refractivity contribution is 7.99. The second kappa shape index (κ2) is 10.1. The summed E-state index contributed by atoms with van der Waals surface area (Å²) in [5.41, 5.74) is 2.49. The van der Waals surface area contributed by atoms with Crippen LogP contribution in [0.1, 0.15) is 12.5 Å². The van der Waals surface area contributed by atoms with Gasteiger partial charge in [0.05, 0.1) is 29.0 Å². The topological polar surface area (TPSA) is 73.2 Å². The Kier molecular flexibility index (Phi) is 7.01. The summed E-state index contributed by atoms with van der Waals surface area (Å²) in [4.78, 5) is 30.7. The van der Waals surface area contributed by atoms with E-state index >= 15 is 0 Å². The Morgan fingerprint density at radius 2 is 1.85 bits per heavy atom. The van der Waals surface area contributed by atoms with Crippen LogP contribution >= 0.6 is 23.4 Å². The molecule has 1 heterocycles. The maximum absolute atomic E-state index is 13.3. The number of ether oxygens (including phenoxy) is 1. The van der Waals surface area contributed by atoms with Gasteiger partial charge in [-0.3, -0.25) is 14.2 Å². The van der Waals surface area contributed by atoms with Crippen LogP contribution in [-0.4, -0.2) is 27.8 Å². The Balaban J connectivity index is 1.66. The van der Waals surface area contributed by atoms with Crippen molar-refractivity contribution in [3.63, 3.8) is 0 Å². The van der Waals surface area contributed by atoms with Crippen molar-refractivity contribution in [3.05, 3.63) is 87.7 Å². The van der Waals surface area contributed by atoms with Gasteiger partial charge in [-0.15, -0.1) is 0 Å². The Morgan fingerprint density at radius 3 is 2.61 bits per heavy atom. The number of thioether (sulfide) groups is 1. The number of halogens is 1. The molecule has 0 unspecified atom stereocenters. The van der Waals surface area contributed by atoms with Gasteiger partial charge in [-0.1, -0.05) is 41.6 Å². The number of fused-ring (bicyclic) bond motifs is 1. The number of anilines is 1. The number of hydrogen-bond acceptors (Lipinski definition) is 5. The SMILES string of the molecule is CCOc1ccc(-n2c(SCC(=O)Nc3cccc(Cl)c3C)nc3ccccc3c2=O)cc1. The largest absolute Gasteiger partial charge is 0.494 e. The number of benzene rings is 3. The van der Waals surface area contributed by atoms with E-state index in [4.69, 9.17) is 16.3 Å². The van der Waals surface area contributed by atoms with Gasteiger partial charge in [0.25, 0.3) is 5.56 Å². The molecule has 0 aliphatic carbocycles. The van der Waals surface area contributed by atoms with Crippen molar-refractivity contribution in [2.24, 2.45) is 0 Å². The van der Waals surface area contributed by atoms with E-state index in [0.717, 1.165) is 5.56 Å². The van der Waals surface area contributed by atoms with E-state index in [1.54, 1.807) is 30.3 Å². The van der Waals surface area contributed by atoms with Crippen LogP contribution in [0.25, 0.3) is 16.6 Å². The van der Waals surface area contributed by atoms with Crippen molar-refractivity contribution < 1.29 is 9.53 Å². The third kappa shape index (κ3) is 5.05. The van der Waals surface area contributed by atoms with Crippen molar-refractivity contribution >= 4 is 45.9 Å². The van der Waals surface area contributed by atoms with Gasteiger partial charge in [-0.05, 0) is 67.9 Å². The predicted octanol–water partition coefficient (Wildman–Crippen LogP) is 5.48. The molecule has 0 saturated carbocycles. The number of nitrogens with one attached hydrogen (secondary N) is 1. The lowest BCUT2D eigenvalue weighted by Crippen LogP contribution is -2.23. The van der Waals surface area contributed by atoms with Crippen LogP contribution in [0.5, 0.6) is 5.75 Å². The summed E-state index contributed by atoms with van der Waals surface area (Å²) in [6.45, 7) is 4.31. The molecule has 0 fully saturated rings. The summed E-state index contributed by atoms with van der Waals surface area (Å²) in [7, 11) is 0. The summed E-state index contributed by atoms with van der Waals surface area (Å²) in [5, 5.41) is 4.40. The van der Waals surface area contributed by atoms with E-state index in [-0.39, 0.29) is 17.2 Å². The fourth-order valence-corrected chi connectivity index (χ4v) is 4.34. The van der Waals surface area contributed by atoms with Crippen molar-refractivity contribution in [2.75, 3.05) is 17.7 Å². The molecule has 0 radical (unpaired) electrons. The molecule has 0 aliphatic rings. The van der Waals surface area contributed by atoms with Crippen LogP contribution in [0.2, 0.25) is 5.02 Å². The molecule has 4 rings (SSSR count). The van der Waals surface area contributed by atoms with Gasteiger partial charge < -0.3 is 10.1 Å². The molecule has 33 heavy (non-hydrogen) atoms. The first-order valence-corrected chi connectivity index (χ1v) is 11.8. The smallest absolute Gasteiger partial charge is 0.266 e. The molecular formula is C25H22ClN3O3S. The molecule has 6 nitrogen and oxygen atoms in total. The molecule has 0 atom stereocenters. The summed E-state index contributed by atoms with van der Waals surface area (Å²) >= 11 is 7.35. The highest BCUT2D eigenvalue weighted by Crippen LogP contribution is 2.25. The fraction of sp³-hybridized carbons (Fsp3) is 0.160. The molecule has 1 N–H and O–H groups in total. The van der Waals surface area contributed by atoms with Crippen LogP contribution < -0.4 is 15.6 Å². The van der Waals surface area contributed by atoms with Crippen LogP contribution in [0.4, 0.5) is 5.69 Å². The van der Waals surface area contributed by atoms with Crippen molar-refractivity contribution in [1.82, 2.24) is 9.55 Å². The molecule has 1 aromatic heterocycles. The quantitative estimate of drug-likeness (QED) is 0.281. The monoisotopic (exact) mass is 479 g/mol. The van der Waals surface area contributed by atoms with Crippen LogP contribution in [-0.2, 0) is 4.79 Å². The summed E-state index contributed by atoms with van der Waals surface area (Å²) < 4.78 is 7.04. The summed E-state index contributed by atoms with van der Waals surface area (Å²) in [5.74, 6) is 0.577. The molecule has 0 bridgehead atoms. The number of hydrogen-bond donors (Lipinski definition) is 1. The van der Waals surface area contributed by atoms with E-state index in [1.165, 1.54) is 16.3 Å². The van der Waals surface area contributed by atoms with E-state index in [1.807, 2.05) is 50.2 Å². The summed E-state index contributed by atoms with van der Waals surface area (Å²) in [6, 6.07) is 19.8. The lowest BCUT2D eigenvalue weighted by Gasteiger charge is -2.14. The highest BCUT2D eigenvalue weighted by atomic mass is 35.5. The van der Waals surface area contributed by atoms with E-state index in [2.05, 4.69) is 10.3 Å². The van der Waals surface area contributed by atoms with Crippen molar-refractivity contribution in [2.45, 2.75) is 19.0 Å². The second-order valence-corrected chi connectivity index (χ2v) is 8.58. The number of carbonyl (C=O) groups is 1. The standard InChI is InChI=1S/C25H22ClN3O3S/c1-3-32-18-13-11-17(12-14-18)29-24(31)19-7-4-5-9-22(19)28-25(29)33-15-23(30)27-21-10-6-8-20(26)16(21)2/h4-14H,3,15H2,1-2H3,(H,27,30). The molecule has 0 aliphatic heterocycles. The molecule has 0 saturated heterocycles. The van der Waals surface area contributed by atoms with Gasteiger partial charge in [0.1, 0.15) is 5.75 Å². The van der Waals surface area contributed by atoms with Gasteiger partial charge in [-0.2, -0.15) is 0 Å². The normalized spacial score (nSPS) is 10.9. The molecule has 0 spiro atoms. The van der Waals surface area contributed by atoms with Gasteiger partial charge in [0.15, 0.2) is 5.16 Å². The molecule has 8 heteroatoms. The Morgan fingerprint density at radius 1 is 1.09 bits per heavy atom. The summed E-state index contributed by atoms with van der Waals surface area (Å²) in [6.07, 6.45) is 0. The van der Waals surface area contributed by atoms with E-state index < -0.39 is 0 Å². The second-order valence-electron chi connectivity index (χ2n) is 7.23. The number of amides is 1. The zero-order chi connectivity index (χ0) is 23.4. The Hall–Kier alpha value is -3.29. The van der Waals surface area contributed by atoms with Crippen LogP contribution in [0.15, 0.2) is 76.7 Å². The third-order valence-electron chi connectivity index (χ3n) is 5.02. The highest BCUT2D eigenvalue weighted by Gasteiger charge is 2.15. The average molecular weight is 480 g/mol. The minimum Gasteiger partial charge on any atom is -0.494 e. The first-order chi connectivity index (χ1) is 16.0. The lowest BCUT2D eigenvalue weighted by molar-refractivity contribution is -0.113. The third-order valence-corrected chi connectivity index (χ3v) is 6.37. The number of aromatic nitrogens is 2. The van der Waals surface area contributed by atoms with Gasteiger partial charge in [-0.25, -0.2) is 4.98 Å². The number of rotatable bonds is 7.